The molecular formula is C19H24N4O4S. The zero-order valence-corrected chi connectivity index (χ0v) is 17.6. The Morgan fingerprint density at radius 1 is 1.21 bits per heavy atom. The first kappa shape index (κ1) is 19.9. The molecule has 1 N–H and O–H groups in total. The molecular weight excluding hydrogens is 380 g/mol. The van der Waals surface area contributed by atoms with Crippen molar-refractivity contribution >= 4 is 15.7 Å². The van der Waals surface area contributed by atoms with Crippen LogP contribution in [-0.4, -0.2) is 30.3 Å². The number of aryl methyl sites for hydroxylation is 2. The number of ether oxygens (including phenoxy) is 1. The van der Waals surface area contributed by atoms with E-state index in [1.165, 1.54) is 0 Å². The summed E-state index contributed by atoms with van der Waals surface area (Å²) in [7, 11) is -0.476. The molecule has 0 radical (unpaired) electrons. The van der Waals surface area contributed by atoms with Gasteiger partial charge >= 0.3 is 0 Å². The van der Waals surface area contributed by atoms with Crippen LogP contribution in [0.15, 0.2) is 27.5 Å². The van der Waals surface area contributed by atoms with E-state index in [1.807, 2.05) is 13.8 Å². The van der Waals surface area contributed by atoms with Gasteiger partial charge in [0.15, 0.2) is 0 Å². The van der Waals surface area contributed by atoms with Crippen molar-refractivity contribution in [2.24, 2.45) is 7.05 Å². The molecule has 0 atom stereocenters. The third kappa shape index (κ3) is 3.37. The van der Waals surface area contributed by atoms with Crippen LogP contribution in [0.4, 0.5) is 5.69 Å². The first-order chi connectivity index (χ1) is 13.2. The second-order valence-electron chi connectivity index (χ2n) is 6.59. The van der Waals surface area contributed by atoms with E-state index < -0.39 is 10.0 Å². The van der Waals surface area contributed by atoms with Crippen molar-refractivity contribution in [3.05, 3.63) is 40.9 Å². The Morgan fingerprint density at radius 3 is 2.50 bits per heavy atom. The molecule has 0 aliphatic carbocycles. The largest absolute Gasteiger partial charge is 0.497 e. The molecule has 3 rings (SSSR count). The van der Waals surface area contributed by atoms with Gasteiger partial charge in [-0.15, -0.1) is 10.2 Å². The maximum absolute atomic E-state index is 13.2. The summed E-state index contributed by atoms with van der Waals surface area (Å²) in [6.45, 7) is 7.23. The van der Waals surface area contributed by atoms with Gasteiger partial charge in [-0.3, -0.25) is 4.72 Å². The molecule has 3 aromatic rings. The lowest BCUT2D eigenvalue weighted by Gasteiger charge is -2.12. The Balaban J connectivity index is 2.06. The van der Waals surface area contributed by atoms with E-state index in [4.69, 9.17) is 9.15 Å². The van der Waals surface area contributed by atoms with E-state index in [0.29, 0.717) is 46.6 Å². The number of benzene rings is 1. The fourth-order valence-corrected chi connectivity index (χ4v) is 4.86. The van der Waals surface area contributed by atoms with Crippen LogP contribution in [0.1, 0.15) is 29.6 Å². The van der Waals surface area contributed by atoms with Gasteiger partial charge in [0.1, 0.15) is 16.3 Å². The summed E-state index contributed by atoms with van der Waals surface area (Å²) >= 11 is 0. The lowest BCUT2D eigenvalue weighted by molar-refractivity contribution is 0.414. The van der Waals surface area contributed by atoms with E-state index in [9.17, 15) is 8.42 Å². The van der Waals surface area contributed by atoms with Crippen LogP contribution >= 0.6 is 0 Å². The molecule has 1 aromatic carbocycles. The van der Waals surface area contributed by atoms with Crippen LogP contribution in [0.2, 0.25) is 0 Å². The fourth-order valence-electron chi connectivity index (χ4n) is 3.22. The van der Waals surface area contributed by atoms with E-state index >= 15 is 0 Å². The Hall–Kier alpha value is -2.81. The minimum absolute atomic E-state index is 0.205. The van der Waals surface area contributed by atoms with Gasteiger partial charge in [0.05, 0.1) is 12.8 Å². The van der Waals surface area contributed by atoms with E-state index in [1.54, 1.807) is 50.8 Å². The monoisotopic (exact) mass is 404 g/mol. The molecule has 0 spiro atoms. The number of methoxy groups -OCH3 is 1. The molecule has 0 aliphatic rings. The van der Waals surface area contributed by atoms with Gasteiger partial charge in [0.25, 0.3) is 15.9 Å². The maximum Gasteiger partial charge on any atom is 0.264 e. The molecule has 0 fully saturated rings. The van der Waals surface area contributed by atoms with Crippen LogP contribution in [0.5, 0.6) is 5.75 Å². The van der Waals surface area contributed by atoms with Crippen LogP contribution in [0.25, 0.3) is 11.6 Å². The smallest absolute Gasteiger partial charge is 0.264 e. The highest BCUT2D eigenvalue weighted by atomic mass is 32.2. The second-order valence-corrected chi connectivity index (χ2v) is 8.21. The van der Waals surface area contributed by atoms with Crippen LogP contribution in [0, 0.1) is 20.8 Å². The molecule has 8 nitrogen and oxygen atoms in total. The first-order valence-electron chi connectivity index (χ1n) is 8.85. The van der Waals surface area contributed by atoms with Crippen molar-refractivity contribution in [2.75, 3.05) is 11.8 Å². The quantitative estimate of drug-likeness (QED) is 0.676. The summed E-state index contributed by atoms with van der Waals surface area (Å²) in [4.78, 5) is 0.205. The average molecular weight is 404 g/mol. The highest BCUT2D eigenvalue weighted by Crippen LogP contribution is 2.34. The summed E-state index contributed by atoms with van der Waals surface area (Å²) in [5.41, 5.74) is 3.00. The summed E-state index contributed by atoms with van der Waals surface area (Å²) in [6.07, 6.45) is 0.610. The summed E-state index contributed by atoms with van der Waals surface area (Å²) in [6, 6.07) is 5.18. The second kappa shape index (κ2) is 7.31. The molecule has 0 saturated heterocycles. The zero-order valence-electron chi connectivity index (χ0n) is 16.8. The molecule has 9 heteroatoms. The van der Waals surface area contributed by atoms with E-state index in [0.717, 1.165) is 5.56 Å². The zero-order chi connectivity index (χ0) is 20.6. The van der Waals surface area contributed by atoms with Gasteiger partial charge in [-0.25, -0.2) is 8.42 Å². The lowest BCUT2D eigenvalue weighted by Crippen LogP contribution is -2.15. The number of hydrogen-bond donors (Lipinski definition) is 1. The molecule has 28 heavy (non-hydrogen) atoms. The third-order valence-electron chi connectivity index (χ3n) is 4.78. The molecule has 0 unspecified atom stereocenters. The number of hydrogen-bond acceptors (Lipinski definition) is 6. The van der Waals surface area contributed by atoms with Gasteiger partial charge in [-0.05, 0) is 44.5 Å². The predicted molar refractivity (Wildman–Crippen MR) is 106 cm³/mol. The minimum Gasteiger partial charge on any atom is -0.497 e. The highest BCUT2D eigenvalue weighted by Gasteiger charge is 2.29. The van der Waals surface area contributed by atoms with Gasteiger partial charge in [0, 0.05) is 24.7 Å². The number of aromatic nitrogens is 3. The van der Waals surface area contributed by atoms with Gasteiger partial charge < -0.3 is 13.7 Å². The molecule has 0 bridgehead atoms. The maximum atomic E-state index is 13.2. The number of nitrogens with zero attached hydrogens (tertiary/aromatic N) is 3. The Morgan fingerprint density at radius 2 is 1.93 bits per heavy atom. The molecule has 2 heterocycles. The van der Waals surface area contributed by atoms with Crippen molar-refractivity contribution in [3.8, 4) is 17.3 Å². The first-order valence-corrected chi connectivity index (χ1v) is 10.3. The molecule has 0 aliphatic heterocycles. The van der Waals surface area contributed by atoms with E-state index in [-0.39, 0.29) is 4.90 Å². The number of anilines is 1. The third-order valence-corrected chi connectivity index (χ3v) is 6.41. The summed E-state index contributed by atoms with van der Waals surface area (Å²) in [5.74, 6) is 1.48. The Kier molecular flexibility index (Phi) is 5.20. The average Bonchev–Trinajstić information content (AvgIpc) is 3.19. The van der Waals surface area contributed by atoms with E-state index in [2.05, 4.69) is 14.9 Å². The molecule has 150 valence electrons. The molecule has 2 aromatic heterocycles. The number of nitrogens with one attached hydrogen (secondary N) is 1. The van der Waals surface area contributed by atoms with Crippen molar-refractivity contribution in [1.29, 1.82) is 0 Å². The van der Waals surface area contributed by atoms with Crippen LogP contribution in [-0.2, 0) is 23.5 Å². The summed E-state index contributed by atoms with van der Waals surface area (Å²) in [5, 5.41) is 8.05. The van der Waals surface area contributed by atoms with Gasteiger partial charge in [0.2, 0.25) is 5.89 Å². The standard InChI is InChI=1S/C19H24N4O4S/c1-7-16-20-21-19(27-16)17-12(3)18(13(4)23(17)5)28(24,25)22-15-9-8-14(26-6)10-11(15)2/h8-10,22H,7H2,1-6H3. The Labute approximate surface area is 164 Å². The fraction of sp³-hybridized carbons (Fsp3) is 0.368. The molecule has 0 saturated carbocycles. The van der Waals surface area contributed by atoms with Crippen molar-refractivity contribution in [3.63, 3.8) is 0 Å². The highest BCUT2D eigenvalue weighted by molar-refractivity contribution is 7.92. The van der Waals surface area contributed by atoms with Crippen molar-refractivity contribution in [2.45, 2.75) is 39.0 Å². The summed E-state index contributed by atoms with van der Waals surface area (Å²) < 4.78 is 41.6. The van der Waals surface area contributed by atoms with Gasteiger partial charge in [-0.1, -0.05) is 6.92 Å². The lowest BCUT2D eigenvalue weighted by atomic mass is 10.2. The Bertz CT molecular complexity index is 1130. The van der Waals surface area contributed by atoms with Crippen molar-refractivity contribution < 1.29 is 17.6 Å². The topological polar surface area (TPSA) is 99.3 Å². The van der Waals surface area contributed by atoms with Crippen LogP contribution < -0.4 is 9.46 Å². The van der Waals surface area contributed by atoms with Crippen LogP contribution in [0.3, 0.4) is 0 Å². The predicted octanol–water partition coefficient (Wildman–Crippen LogP) is 3.37. The number of sulfonamides is 1. The minimum atomic E-state index is -3.83. The normalized spacial score (nSPS) is 11.6. The SMILES string of the molecule is CCc1nnc(-c2c(C)c(S(=O)(=O)Nc3ccc(OC)cc3C)c(C)n2C)o1. The van der Waals surface area contributed by atoms with Crippen molar-refractivity contribution in [1.82, 2.24) is 14.8 Å². The van der Waals surface area contributed by atoms with Gasteiger partial charge in [-0.2, -0.15) is 0 Å². The molecule has 0 amide bonds. The number of rotatable bonds is 6.